The molecule has 0 saturated heterocycles. The maximum Gasteiger partial charge on any atom is 0.174 e. The van der Waals surface area contributed by atoms with Crippen molar-refractivity contribution in [1.82, 2.24) is 0 Å². The van der Waals surface area contributed by atoms with Gasteiger partial charge in [-0.15, -0.1) is 0 Å². The van der Waals surface area contributed by atoms with Gasteiger partial charge in [-0.1, -0.05) is 15.9 Å². The van der Waals surface area contributed by atoms with Gasteiger partial charge in [0.2, 0.25) is 0 Å². The molecular weight excluding hydrogens is 274 g/mol. The van der Waals surface area contributed by atoms with Crippen molar-refractivity contribution >= 4 is 28.0 Å². The minimum atomic E-state index is -0.266. The summed E-state index contributed by atoms with van der Waals surface area (Å²) in [5, 5.41) is 8.87. The van der Waals surface area contributed by atoms with E-state index in [2.05, 4.69) is 15.9 Å². The standard InChI is InChI=1S/C11H8BrNO3/c1-16-11-3-7(5-13)2-8(9(11)6-14)10(15)4-12/h2-3,6H,4H2,1H3. The van der Waals surface area contributed by atoms with Gasteiger partial charge in [-0.05, 0) is 12.1 Å². The van der Waals surface area contributed by atoms with E-state index >= 15 is 0 Å². The van der Waals surface area contributed by atoms with E-state index in [1.54, 1.807) is 0 Å². The highest BCUT2D eigenvalue weighted by molar-refractivity contribution is 9.09. The number of nitrogens with zero attached hydrogens (tertiary/aromatic N) is 1. The molecule has 5 heteroatoms. The van der Waals surface area contributed by atoms with Crippen LogP contribution in [0.15, 0.2) is 12.1 Å². The van der Waals surface area contributed by atoms with Gasteiger partial charge in [-0.3, -0.25) is 9.59 Å². The summed E-state index contributed by atoms with van der Waals surface area (Å²) < 4.78 is 4.96. The Morgan fingerprint density at radius 2 is 2.31 bits per heavy atom. The van der Waals surface area contributed by atoms with Crippen molar-refractivity contribution in [2.24, 2.45) is 0 Å². The first-order valence-electron chi connectivity index (χ1n) is 4.34. The third-order valence-corrected chi connectivity index (χ3v) is 2.54. The number of Topliss-reactive ketones (excluding diaryl/α,β-unsaturated/α-hetero) is 1. The fourth-order valence-corrected chi connectivity index (χ4v) is 1.59. The fourth-order valence-electron chi connectivity index (χ4n) is 1.28. The molecule has 0 N–H and O–H groups in total. The monoisotopic (exact) mass is 281 g/mol. The van der Waals surface area contributed by atoms with Crippen LogP contribution >= 0.6 is 15.9 Å². The SMILES string of the molecule is COc1cc(C#N)cc(C(=O)CBr)c1C=O. The van der Waals surface area contributed by atoms with Gasteiger partial charge >= 0.3 is 0 Å². The van der Waals surface area contributed by atoms with Crippen LogP contribution in [0.2, 0.25) is 0 Å². The number of ketones is 1. The second-order valence-corrected chi connectivity index (χ2v) is 3.49. The zero-order chi connectivity index (χ0) is 12.1. The van der Waals surface area contributed by atoms with Crippen molar-refractivity contribution < 1.29 is 14.3 Å². The summed E-state index contributed by atoms with van der Waals surface area (Å²) in [6, 6.07) is 4.72. The highest BCUT2D eigenvalue weighted by Gasteiger charge is 2.16. The summed E-state index contributed by atoms with van der Waals surface area (Å²) in [5.74, 6) is -0.0316. The quantitative estimate of drug-likeness (QED) is 0.481. The molecule has 0 radical (unpaired) electrons. The Morgan fingerprint density at radius 1 is 1.62 bits per heavy atom. The molecule has 0 bridgehead atoms. The highest BCUT2D eigenvalue weighted by atomic mass is 79.9. The molecule has 4 nitrogen and oxygen atoms in total. The Balaban J connectivity index is 3.50. The lowest BCUT2D eigenvalue weighted by atomic mass is 10.0. The Morgan fingerprint density at radius 3 is 2.75 bits per heavy atom. The van der Waals surface area contributed by atoms with E-state index in [0.717, 1.165) is 0 Å². The van der Waals surface area contributed by atoms with Crippen LogP contribution in [-0.4, -0.2) is 24.5 Å². The third-order valence-electron chi connectivity index (χ3n) is 2.03. The molecule has 0 aromatic heterocycles. The predicted molar refractivity (Wildman–Crippen MR) is 61.2 cm³/mol. The van der Waals surface area contributed by atoms with Crippen LogP contribution in [0, 0.1) is 11.3 Å². The van der Waals surface area contributed by atoms with Gasteiger partial charge in [-0.25, -0.2) is 0 Å². The Bertz CT molecular complexity index is 477. The first-order chi connectivity index (χ1) is 7.67. The summed E-state index contributed by atoms with van der Waals surface area (Å²) in [4.78, 5) is 22.5. The highest BCUT2D eigenvalue weighted by Crippen LogP contribution is 2.23. The smallest absolute Gasteiger partial charge is 0.174 e. The number of benzene rings is 1. The molecule has 0 fully saturated rings. The molecule has 0 aliphatic rings. The number of carbonyl (C=O) groups excluding carboxylic acids is 2. The topological polar surface area (TPSA) is 67.2 Å². The summed E-state index contributed by atoms with van der Waals surface area (Å²) in [7, 11) is 1.38. The number of rotatable bonds is 4. The van der Waals surface area contributed by atoms with Crippen LogP contribution in [-0.2, 0) is 0 Å². The average molecular weight is 282 g/mol. The normalized spacial score (nSPS) is 9.31. The van der Waals surface area contributed by atoms with Crippen molar-refractivity contribution in [3.63, 3.8) is 0 Å². The number of halogens is 1. The van der Waals surface area contributed by atoms with Crippen molar-refractivity contribution in [3.8, 4) is 11.8 Å². The number of hydrogen-bond donors (Lipinski definition) is 0. The molecular formula is C11H8BrNO3. The number of methoxy groups -OCH3 is 1. The molecule has 0 spiro atoms. The van der Waals surface area contributed by atoms with Gasteiger partial charge in [-0.2, -0.15) is 5.26 Å². The first kappa shape index (κ1) is 12.4. The summed E-state index contributed by atoms with van der Waals surface area (Å²) in [6.45, 7) is 0. The minimum Gasteiger partial charge on any atom is -0.496 e. The van der Waals surface area contributed by atoms with Crippen LogP contribution in [0.25, 0.3) is 0 Å². The second-order valence-electron chi connectivity index (χ2n) is 2.93. The van der Waals surface area contributed by atoms with Gasteiger partial charge in [0.1, 0.15) is 5.75 Å². The van der Waals surface area contributed by atoms with E-state index in [-0.39, 0.29) is 33.6 Å². The number of carbonyl (C=O) groups is 2. The lowest BCUT2D eigenvalue weighted by molar-refractivity contribution is 0.101. The van der Waals surface area contributed by atoms with Gasteiger partial charge < -0.3 is 4.74 Å². The van der Waals surface area contributed by atoms with Crippen LogP contribution in [0.3, 0.4) is 0 Å². The van der Waals surface area contributed by atoms with Crippen molar-refractivity contribution in [2.45, 2.75) is 0 Å². The van der Waals surface area contributed by atoms with Crippen LogP contribution in [0.4, 0.5) is 0 Å². The molecule has 0 amide bonds. The number of aldehydes is 1. The lowest BCUT2D eigenvalue weighted by Crippen LogP contribution is -2.07. The molecule has 0 atom stereocenters. The molecule has 0 saturated carbocycles. The molecule has 0 unspecified atom stereocenters. The number of hydrogen-bond acceptors (Lipinski definition) is 4. The van der Waals surface area contributed by atoms with E-state index in [4.69, 9.17) is 10.00 Å². The molecule has 1 rings (SSSR count). The Hall–Kier alpha value is -1.67. The maximum absolute atomic E-state index is 11.6. The average Bonchev–Trinajstić information content (AvgIpc) is 2.35. The molecule has 82 valence electrons. The Labute approximate surface area is 101 Å². The molecule has 0 heterocycles. The van der Waals surface area contributed by atoms with E-state index < -0.39 is 0 Å². The molecule has 0 aliphatic carbocycles. The van der Waals surface area contributed by atoms with E-state index in [1.165, 1.54) is 19.2 Å². The van der Waals surface area contributed by atoms with E-state index in [1.807, 2.05) is 6.07 Å². The number of nitriles is 1. The van der Waals surface area contributed by atoms with Crippen molar-refractivity contribution in [2.75, 3.05) is 12.4 Å². The van der Waals surface area contributed by atoms with Gasteiger partial charge in [0.25, 0.3) is 0 Å². The summed E-state index contributed by atoms with van der Waals surface area (Å²) in [6.07, 6.45) is 0.551. The summed E-state index contributed by atoms with van der Waals surface area (Å²) >= 11 is 3.02. The van der Waals surface area contributed by atoms with E-state index in [9.17, 15) is 9.59 Å². The van der Waals surface area contributed by atoms with Crippen LogP contribution < -0.4 is 4.74 Å². The number of alkyl halides is 1. The largest absolute Gasteiger partial charge is 0.496 e. The van der Waals surface area contributed by atoms with Gasteiger partial charge in [0, 0.05) is 5.56 Å². The van der Waals surface area contributed by atoms with Gasteiger partial charge in [0.05, 0.1) is 29.6 Å². The fraction of sp³-hybridized carbons (Fsp3) is 0.182. The zero-order valence-corrected chi connectivity index (χ0v) is 10.1. The van der Waals surface area contributed by atoms with E-state index in [0.29, 0.717) is 6.29 Å². The summed E-state index contributed by atoms with van der Waals surface area (Å²) in [5.41, 5.74) is 0.653. The van der Waals surface area contributed by atoms with Gasteiger partial charge in [0.15, 0.2) is 12.1 Å². The van der Waals surface area contributed by atoms with Crippen LogP contribution in [0.5, 0.6) is 5.75 Å². The maximum atomic E-state index is 11.6. The first-order valence-corrected chi connectivity index (χ1v) is 5.46. The van der Waals surface area contributed by atoms with Crippen LogP contribution in [0.1, 0.15) is 26.3 Å². The minimum absolute atomic E-state index is 0.0892. The Kier molecular flexibility index (Phi) is 4.20. The van der Waals surface area contributed by atoms with Crippen molar-refractivity contribution in [3.05, 3.63) is 28.8 Å². The molecule has 1 aromatic carbocycles. The number of ether oxygens (including phenoxy) is 1. The zero-order valence-electron chi connectivity index (χ0n) is 8.49. The third kappa shape index (κ3) is 2.28. The molecule has 1 aromatic rings. The molecule has 16 heavy (non-hydrogen) atoms. The molecule has 0 aliphatic heterocycles. The lowest BCUT2D eigenvalue weighted by Gasteiger charge is -2.08. The second kappa shape index (κ2) is 5.42. The predicted octanol–water partition coefficient (Wildman–Crippen LogP) is 1.96. The van der Waals surface area contributed by atoms with Crippen molar-refractivity contribution in [1.29, 1.82) is 5.26 Å².